The van der Waals surface area contributed by atoms with Crippen LogP contribution in [0.2, 0.25) is 0 Å². The van der Waals surface area contributed by atoms with Crippen LogP contribution in [0.15, 0.2) is 18.3 Å². The number of aromatic nitrogens is 2. The molecule has 10 heteroatoms. The third-order valence-corrected chi connectivity index (χ3v) is 6.53. The van der Waals surface area contributed by atoms with Crippen LogP contribution in [0.5, 0.6) is 0 Å². The Morgan fingerprint density at radius 3 is 2.38 bits per heavy atom. The average molecular weight is 488 g/mol. The second-order valence-electron chi connectivity index (χ2n) is 9.41. The highest BCUT2D eigenvalue weighted by Gasteiger charge is 2.36. The highest BCUT2D eigenvalue weighted by Crippen LogP contribution is 2.32. The van der Waals surface area contributed by atoms with Gasteiger partial charge in [-0.25, -0.2) is 13.8 Å². The summed E-state index contributed by atoms with van der Waals surface area (Å²) >= 11 is 0. The van der Waals surface area contributed by atoms with Crippen LogP contribution in [0.3, 0.4) is 0 Å². The maximum atomic E-state index is 14.8. The number of imidazole rings is 1. The van der Waals surface area contributed by atoms with E-state index in [-0.39, 0.29) is 30.0 Å². The van der Waals surface area contributed by atoms with Gasteiger partial charge < -0.3 is 10.4 Å². The van der Waals surface area contributed by atoms with Gasteiger partial charge in [0.2, 0.25) is 0 Å². The molecule has 188 valence electrons. The zero-order valence-corrected chi connectivity index (χ0v) is 19.5. The van der Waals surface area contributed by atoms with Crippen molar-refractivity contribution in [1.29, 1.82) is 0 Å². The molecule has 1 heterocycles. The molecule has 2 N–H and O–H groups in total. The Hall–Kier alpha value is -2.49. The van der Waals surface area contributed by atoms with Crippen molar-refractivity contribution in [3.8, 4) is 5.69 Å². The van der Waals surface area contributed by atoms with Crippen molar-refractivity contribution in [3.63, 3.8) is 0 Å². The normalized spacial score (nSPS) is 22.0. The van der Waals surface area contributed by atoms with E-state index in [1.54, 1.807) is 6.92 Å². The van der Waals surface area contributed by atoms with E-state index in [4.69, 9.17) is 0 Å². The minimum Gasteiger partial charge on any atom is -0.388 e. The first-order chi connectivity index (χ1) is 15.8. The molecule has 2 aromatic rings. The first-order valence-corrected chi connectivity index (χ1v) is 11.5. The van der Waals surface area contributed by atoms with Crippen molar-refractivity contribution in [1.82, 2.24) is 14.9 Å². The number of aryl methyl sites for hydroxylation is 1. The first-order valence-electron chi connectivity index (χ1n) is 11.5. The van der Waals surface area contributed by atoms with Gasteiger partial charge in [-0.05, 0) is 55.7 Å². The highest BCUT2D eigenvalue weighted by molar-refractivity contribution is 5.92. The first kappa shape index (κ1) is 26.1. The quantitative estimate of drug-likeness (QED) is 0.533. The second-order valence-corrected chi connectivity index (χ2v) is 9.41. The van der Waals surface area contributed by atoms with E-state index in [1.165, 1.54) is 6.20 Å². The van der Waals surface area contributed by atoms with Gasteiger partial charge in [-0.15, -0.1) is 0 Å². The van der Waals surface area contributed by atoms with Crippen molar-refractivity contribution in [2.75, 3.05) is 6.54 Å². The van der Waals surface area contributed by atoms with Gasteiger partial charge in [-0.1, -0.05) is 20.8 Å². The van der Waals surface area contributed by atoms with Gasteiger partial charge in [0.05, 0.1) is 11.5 Å². The van der Waals surface area contributed by atoms with Gasteiger partial charge in [0.1, 0.15) is 17.2 Å². The van der Waals surface area contributed by atoms with Gasteiger partial charge in [-0.3, -0.25) is 9.36 Å². The van der Waals surface area contributed by atoms with Crippen molar-refractivity contribution >= 4 is 5.91 Å². The molecule has 0 spiro atoms. The average Bonchev–Trinajstić information content (AvgIpc) is 3.17. The molecule has 0 saturated heterocycles. The van der Waals surface area contributed by atoms with Crippen LogP contribution in [0.1, 0.15) is 68.3 Å². The minimum absolute atomic E-state index is 0.0433. The molecule has 1 saturated carbocycles. The van der Waals surface area contributed by atoms with E-state index in [2.05, 4.69) is 17.2 Å². The maximum Gasteiger partial charge on any atom is 0.391 e. The summed E-state index contributed by atoms with van der Waals surface area (Å²) in [7, 11) is 0. The molecule has 3 rings (SSSR count). The van der Waals surface area contributed by atoms with Crippen LogP contribution in [0, 0.1) is 23.5 Å². The predicted molar refractivity (Wildman–Crippen MR) is 117 cm³/mol. The van der Waals surface area contributed by atoms with Gasteiger partial charge >= 0.3 is 6.18 Å². The summed E-state index contributed by atoms with van der Waals surface area (Å²) in [4.78, 5) is 16.8. The number of nitrogens with zero attached hydrogens (tertiary/aromatic N) is 2. The zero-order valence-electron chi connectivity index (χ0n) is 19.5. The molecular formula is C24H30F5N3O2. The Bertz CT molecular complexity index is 1000. The maximum absolute atomic E-state index is 14.8. The summed E-state index contributed by atoms with van der Waals surface area (Å²) in [5.41, 5.74) is -1.69. The Balaban J connectivity index is 1.80. The van der Waals surface area contributed by atoms with Crippen molar-refractivity contribution in [2.45, 2.75) is 71.1 Å². The standard InChI is InChI=1S/C24H30F5N3O2/c1-4-20-31-19(22(33)30-13-23(34)7-5-14(2)6-8-23)12-32(20)21-17(25)10-16(11-18(21)26)9-15(3)24(27,28)29/h10-12,14-15,34H,4-9,13H2,1-3H3,(H,30,33). The number of amides is 1. The van der Waals surface area contributed by atoms with Crippen LogP contribution >= 0.6 is 0 Å². The smallest absolute Gasteiger partial charge is 0.388 e. The zero-order chi connectivity index (χ0) is 25.3. The molecule has 34 heavy (non-hydrogen) atoms. The van der Waals surface area contributed by atoms with E-state index in [0.29, 0.717) is 18.8 Å². The molecule has 1 atom stereocenters. The summed E-state index contributed by atoms with van der Waals surface area (Å²) < 4.78 is 69.3. The fourth-order valence-corrected chi connectivity index (χ4v) is 4.22. The van der Waals surface area contributed by atoms with Gasteiger partial charge in [-0.2, -0.15) is 13.2 Å². The Morgan fingerprint density at radius 1 is 1.26 bits per heavy atom. The van der Waals surface area contributed by atoms with Gasteiger partial charge in [0, 0.05) is 19.2 Å². The van der Waals surface area contributed by atoms with E-state index < -0.39 is 47.3 Å². The van der Waals surface area contributed by atoms with E-state index in [1.807, 2.05) is 0 Å². The molecule has 0 aliphatic heterocycles. The van der Waals surface area contributed by atoms with Gasteiger partial charge in [0.15, 0.2) is 11.6 Å². The molecule has 0 bridgehead atoms. The molecule has 1 fully saturated rings. The fraction of sp³-hybridized carbons (Fsp3) is 0.583. The molecule has 1 unspecified atom stereocenters. The molecule has 1 amide bonds. The number of carbonyl (C=O) groups is 1. The number of halogens is 5. The topological polar surface area (TPSA) is 67.2 Å². The van der Waals surface area contributed by atoms with E-state index >= 15 is 0 Å². The van der Waals surface area contributed by atoms with E-state index in [9.17, 15) is 31.9 Å². The molecule has 1 aromatic carbocycles. The molecule has 0 radical (unpaired) electrons. The highest BCUT2D eigenvalue weighted by atomic mass is 19.4. The lowest BCUT2D eigenvalue weighted by Crippen LogP contribution is -2.45. The summed E-state index contributed by atoms with van der Waals surface area (Å²) in [5.74, 6) is -3.70. The third kappa shape index (κ3) is 5.95. The van der Waals surface area contributed by atoms with Crippen molar-refractivity contribution in [3.05, 3.63) is 47.0 Å². The number of benzene rings is 1. The third-order valence-electron chi connectivity index (χ3n) is 6.53. The predicted octanol–water partition coefficient (Wildman–Crippen LogP) is 5.12. The fourth-order valence-electron chi connectivity index (χ4n) is 4.22. The van der Waals surface area contributed by atoms with Crippen LogP contribution in [0.4, 0.5) is 22.0 Å². The second kappa shape index (κ2) is 10.0. The van der Waals surface area contributed by atoms with E-state index in [0.717, 1.165) is 36.5 Å². The lowest BCUT2D eigenvalue weighted by atomic mass is 9.79. The lowest BCUT2D eigenvalue weighted by molar-refractivity contribution is -0.169. The van der Waals surface area contributed by atoms with Crippen LogP contribution in [0.25, 0.3) is 5.69 Å². The number of aliphatic hydroxyl groups is 1. The number of carbonyl (C=O) groups excluding carboxylic acids is 1. The lowest BCUT2D eigenvalue weighted by Gasteiger charge is -2.34. The largest absolute Gasteiger partial charge is 0.391 e. The number of alkyl halides is 3. The number of rotatable bonds is 7. The van der Waals surface area contributed by atoms with Crippen molar-refractivity contribution in [2.24, 2.45) is 11.8 Å². The monoisotopic (exact) mass is 487 g/mol. The Morgan fingerprint density at radius 2 is 1.85 bits per heavy atom. The number of hydrogen-bond donors (Lipinski definition) is 2. The number of hydrogen-bond acceptors (Lipinski definition) is 3. The van der Waals surface area contributed by atoms with Gasteiger partial charge in [0.25, 0.3) is 5.91 Å². The summed E-state index contributed by atoms with van der Waals surface area (Å²) in [6.07, 6.45) is -0.734. The molecule has 5 nitrogen and oxygen atoms in total. The molecule has 1 aliphatic rings. The van der Waals surface area contributed by atoms with Crippen LogP contribution < -0.4 is 5.32 Å². The Labute approximate surface area is 195 Å². The molecule has 1 aromatic heterocycles. The van der Waals surface area contributed by atoms with Crippen LogP contribution in [-0.4, -0.2) is 38.9 Å². The summed E-state index contributed by atoms with van der Waals surface area (Å²) in [5, 5.41) is 13.3. The van der Waals surface area contributed by atoms with Crippen molar-refractivity contribution < 1.29 is 31.9 Å². The summed E-state index contributed by atoms with van der Waals surface area (Å²) in [6, 6.07) is 1.75. The SMILES string of the molecule is CCc1nc(C(=O)NCC2(O)CCC(C)CC2)cn1-c1c(F)cc(CC(C)C(F)(F)F)cc1F. The Kier molecular flexibility index (Phi) is 7.69. The molecular weight excluding hydrogens is 457 g/mol. The summed E-state index contributed by atoms with van der Waals surface area (Å²) in [6.45, 7) is 4.80. The molecule has 1 aliphatic carbocycles. The number of nitrogens with one attached hydrogen (secondary N) is 1. The minimum atomic E-state index is -4.48. The van der Waals surface area contributed by atoms with Crippen LogP contribution in [-0.2, 0) is 12.8 Å².